The number of nitrogens with zero attached hydrogens (tertiary/aromatic N) is 2. The van der Waals surface area contributed by atoms with Gasteiger partial charge in [-0.15, -0.1) is 11.3 Å². The molecule has 4 bridgehead atoms. The van der Waals surface area contributed by atoms with Crippen LogP contribution in [0.5, 0.6) is 23.1 Å². The van der Waals surface area contributed by atoms with E-state index in [1.807, 2.05) is 13.8 Å². The molecule has 0 saturated heterocycles. The van der Waals surface area contributed by atoms with Crippen LogP contribution in [0.4, 0.5) is 0 Å². The van der Waals surface area contributed by atoms with Crippen LogP contribution in [0.15, 0.2) is 28.3 Å². The molecule has 10 nitrogen and oxygen atoms in total. The molecule has 15 heteroatoms. The summed E-state index contributed by atoms with van der Waals surface area (Å²) in [6.07, 6.45) is -0.552. The zero-order chi connectivity index (χ0) is 37.2. The van der Waals surface area contributed by atoms with Gasteiger partial charge in [-0.25, -0.2) is 14.8 Å². The molecule has 0 unspecified atom stereocenters. The predicted molar refractivity (Wildman–Crippen MR) is 207 cm³/mol. The smallest absolute Gasteiger partial charge is 0.348 e. The molecule has 2 aliphatic heterocycles. The van der Waals surface area contributed by atoms with Gasteiger partial charge in [0.15, 0.2) is 18.6 Å². The molecule has 2 aromatic heterocycles. The van der Waals surface area contributed by atoms with Crippen LogP contribution >= 0.6 is 50.5 Å². The zero-order valence-corrected chi connectivity index (χ0v) is 34.9. The van der Waals surface area contributed by atoms with Crippen molar-refractivity contribution in [2.24, 2.45) is 0 Å². The van der Waals surface area contributed by atoms with Crippen molar-refractivity contribution in [3.05, 3.63) is 55.0 Å². The molecule has 1 N–H and O–H groups in total. The second-order valence-electron chi connectivity index (χ2n) is 14.5. The Balaban J connectivity index is 1.67. The number of thiophene rings is 1. The number of hydrogen-bond donors (Lipinski definition) is 1. The molecule has 2 aliphatic rings. The van der Waals surface area contributed by atoms with Gasteiger partial charge >= 0.3 is 5.97 Å². The fourth-order valence-corrected chi connectivity index (χ4v) is 8.45. The van der Waals surface area contributed by atoms with Gasteiger partial charge < -0.3 is 33.5 Å². The first kappa shape index (κ1) is 39.6. The number of rotatable bonds is 8. The number of aliphatic hydroxyl groups excluding tert-OH is 1. The summed E-state index contributed by atoms with van der Waals surface area (Å²) in [6.45, 7) is 16.1. The summed E-state index contributed by atoms with van der Waals surface area (Å²) in [6, 6.07) is 6.23. The number of halogens is 3. The molecule has 6 rings (SSSR count). The first-order valence-corrected chi connectivity index (χ1v) is 22.6. The minimum atomic E-state index is -1.29. The normalized spacial score (nSPS) is 16.6. The van der Waals surface area contributed by atoms with E-state index in [2.05, 4.69) is 45.5 Å². The number of carbonyl (C=O) groups excluding carboxylic acids is 1. The Bertz CT molecular complexity index is 1880. The number of esters is 1. The zero-order valence-electron chi connectivity index (χ0n) is 29.9. The fraction of sp³-hybridized carbons (Fsp3) is 0.472. The van der Waals surface area contributed by atoms with E-state index < -0.39 is 31.9 Å². The van der Waals surface area contributed by atoms with Crippen molar-refractivity contribution >= 4 is 74.7 Å². The maximum absolute atomic E-state index is 13.9. The highest BCUT2D eigenvalue weighted by Crippen LogP contribution is 2.51. The third kappa shape index (κ3) is 9.48. The van der Waals surface area contributed by atoms with Crippen LogP contribution in [0.1, 0.15) is 37.5 Å². The van der Waals surface area contributed by atoms with Crippen LogP contribution in [0.3, 0.4) is 0 Å². The summed E-state index contributed by atoms with van der Waals surface area (Å²) in [5.74, 6) is 0.738. The van der Waals surface area contributed by atoms with E-state index in [0.717, 1.165) is 15.4 Å². The van der Waals surface area contributed by atoms with E-state index >= 15 is 0 Å². The first-order valence-electron chi connectivity index (χ1n) is 16.5. The molecule has 0 radical (unpaired) electrons. The van der Waals surface area contributed by atoms with Crippen LogP contribution < -0.4 is 18.9 Å². The lowest BCUT2D eigenvalue weighted by atomic mass is 9.95. The number of carbonyl (C=O) groups is 1. The molecule has 276 valence electrons. The maximum Gasteiger partial charge on any atom is 0.348 e. The lowest BCUT2D eigenvalue weighted by molar-refractivity contribution is -0.163. The minimum absolute atomic E-state index is 0.0202. The van der Waals surface area contributed by atoms with Crippen molar-refractivity contribution in [3.63, 3.8) is 0 Å². The van der Waals surface area contributed by atoms with E-state index in [1.54, 1.807) is 39.0 Å². The van der Waals surface area contributed by atoms with Gasteiger partial charge in [-0.2, -0.15) is 0 Å². The highest BCUT2D eigenvalue weighted by atomic mass is 79.9. The Kier molecular flexibility index (Phi) is 12.5. The average Bonchev–Trinajstić information content (AvgIpc) is 3.38. The van der Waals surface area contributed by atoms with Gasteiger partial charge in [-0.3, -0.25) is 0 Å². The highest BCUT2D eigenvalue weighted by molar-refractivity contribution is 9.11. The second kappa shape index (κ2) is 16.2. The Hall–Kier alpha value is -2.65. The average molecular weight is 843 g/mol. The number of aromatic nitrogens is 2. The van der Waals surface area contributed by atoms with Gasteiger partial charge in [0, 0.05) is 32.2 Å². The van der Waals surface area contributed by atoms with Crippen LogP contribution in [0, 0.1) is 13.8 Å². The van der Waals surface area contributed by atoms with E-state index in [1.165, 1.54) is 17.7 Å². The van der Waals surface area contributed by atoms with Gasteiger partial charge in [0.2, 0.25) is 12.0 Å². The molecule has 2 atom stereocenters. The summed E-state index contributed by atoms with van der Waals surface area (Å²) in [5, 5.41) is 11.4. The lowest BCUT2D eigenvalue weighted by Crippen LogP contribution is -2.37. The molecule has 0 spiro atoms. The second-order valence-corrected chi connectivity index (χ2v) is 23.2. The standard InChI is InChI=1S/C36H43BrCl2N2O8SSi/c1-19-26-20(2)30(39)31(29(19)38)47-23(15-42)16-45-22-9-10-24(46-18-44-11-12-51(6,7)8)21(13-22)14-25(35(43)49-36(3,4)5)48-33-28-27(26)32(37)50-34(28)41-17-40-33/h9-10,13,17,23,25,42H,11-12,14-16,18H2,1-8H3/t23-,25-/m1/s1. The monoisotopic (exact) mass is 840 g/mol. The molecule has 0 saturated carbocycles. The van der Waals surface area contributed by atoms with Crippen molar-refractivity contribution < 1.29 is 38.3 Å². The summed E-state index contributed by atoms with van der Waals surface area (Å²) in [4.78, 5) is 23.6. The quantitative estimate of drug-likeness (QED) is 0.0797. The van der Waals surface area contributed by atoms with E-state index in [0.29, 0.717) is 50.6 Å². The van der Waals surface area contributed by atoms with E-state index in [9.17, 15) is 9.90 Å². The Morgan fingerprint density at radius 3 is 2.45 bits per heavy atom. The Morgan fingerprint density at radius 2 is 1.80 bits per heavy atom. The molecular formula is C36H43BrCl2N2O8SSi. The fourth-order valence-electron chi connectivity index (χ4n) is 5.45. The molecule has 0 fully saturated rings. The minimum Gasteiger partial charge on any atom is -0.490 e. The molecule has 2 aromatic carbocycles. The van der Waals surface area contributed by atoms with Gasteiger partial charge in [-0.1, -0.05) is 42.8 Å². The van der Waals surface area contributed by atoms with Crippen molar-refractivity contribution in [1.29, 1.82) is 0 Å². The van der Waals surface area contributed by atoms with Gasteiger partial charge in [0.25, 0.3) is 0 Å². The van der Waals surface area contributed by atoms with Gasteiger partial charge in [0.1, 0.15) is 34.9 Å². The Morgan fingerprint density at radius 1 is 1.10 bits per heavy atom. The number of ether oxygens (including phenoxy) is 6. The SMILES string of the molecule is Cc1c(Cl)c2c(Cl)c(C)c1-c1c(Br)sc3ncnc(c13)O[C@@H](C(=O)OC(C)(C)C)Cc1cc(ccc1OCOCC[Si](C)(C)C)OC[C@@H](CO)O2. The molecule has 4 aromatic rings. The van der Waals surface area contributed by atoms with Crippen LogP contribution in [-0.2, 0) is 20.7 Å². The van der Waals surface area contributed by atoms with Crippen LogP contribution in [0.25, 0.3) is 21.3 Å². The molecule has 51 heavy (non-hydrogen) atoms. The van der Waals surface area contributed by atoms with E-state index in [4.69, 9.17) is 51.6 Å². The molecular weight excluding hydrogens is 799 g/mol. The lowest BCUT2D eigenvalue weighted by Gasteiger charge is -2.25. The summed E-state index contributed by atoms with van der Waals surface area (Å²) >= 11 is 19.0. The third-order valence-corrected chi connectivity index (χ3v) is 12.4. The molecule has 4 heterocycles. The topological polar surface area (TPSA) is 118 Å². The number of hydrogen-bond acceptors (Lipinski definition) is 11. The van der Waals surface area contributed by atoms with Crippen molar-refractivity contribution in [2.75, 3.05) is 26.6 Å². The van der Waals surface area contributed by atoms with Crippen molar-refractivity contribution in [3.8, 4) is 34.3 Å². The summed E-state index contributed by atoms with van der Waals surface area (Å²) in [5.41, 5.74) is 2.57. The maximum atomic E-state index is 13.9. The van der Waals surface area contributed by atoms with Crippen LogP contribution in [0.2, 0.25) is 35.7 Å². The molecule has 0 aliphatic carbocycles. The van der Waals surface area contributed by atoms with Gasteiger partial charge in [-0.05, 0) is 91.5 Å². The summed E-state index contributed by atoms with van der Waals surface area (Å²) in [7, 11) is -1.29. The van der Waals surface area contributed by atoms with Crippen molar-refractivity contribution in [1.82, 2.24) is 9.97 Å². The Labute approximate surface area is 321 Å². The largest absolute Gasteiger partial charge is 0.490 e. The van der Waals surface area contributed by atoms with Crippen LogP contribution in [-0.4, -0.2) is 73.5 Å². The third-order valence-electron chi connectivity index (χ3n) is 8.05. The van der Waals surface area contributed by atoms with Crippen molar-refractivity contribution in [2.45, 2.75) is 84.5 Å². The van der Waals surface area contributed by atoms with E-state index in [-0.39, 0.29) is 48.1 Å². The number of aliphatic hydroxyl groups is 1. The first-order chi connectivity index (χ1) is 24.0. The molecule has 0 amide bonds. The summed E-state index contributed by atoms with van der Waals surface area (Å²) < 4.78 is 37.5. The number of benzene rings is 2. The van der Waals surface area contributed by atoms with Gasteiger partial charge in [0.05, 0.1) is 25.8 Å². The highest BCUT2D eigenvalue weighted by Gasteiger charge is 2.33. The predicted octanol–water partition coefficient (Wildman–Crippen LogP) is 9.20. The number of fused-ring (bicyclic) bond motifs is 7.